The predicted molar refractivity (Wildman–Crippen MR) is 119 cm³/mol. The van der Waals surface area contributed by atoms with Crippen LogP contribution in [0.1, 0.15) is 44.8 Å². The zero-order valence-corrected chi connectivity index (χ0v) is 17.7. The summed E-state index contributed by atoms with van der Waals surface area (Å²) in [4.78, 5) is 37.3. The topological polar surface area (TPSA) is 84.5 Å². The molecule has 1 unspecified atom stereocenters. The first-order chi connectivity index (χ1) is 15.3. The Morgan fingerprint density at radius 3 is 2.41 bits per heavy atom. The second kappa shape index (κ2) is 10.3. The molecule has 3 rings (SSSR count). The van der Waals surface area contributed by atoms with Crippen LogP contribution in [0.25, 0.3) is 0 Å². The zero-order chi connectivity index (χ0) is 23.1. The Bertz CT molecular complexity index is 1130. The second-order valence-electron chi connectivity index (χ2n) is 7.29. The maximum atomic E-state index is 13.0. The molecular formula is C25H23FN2O4. The van der Waals surface area contributed by atoms with Crippen molar-refractivity contribution in [1.29, 1.82) is 0 Å². The van der Waals surface area contributed by atoms with E-state index < -0.39 is 18.5 Å². The van der Waals surface area contributed by atoms with Gasteiger partial charge < -0.3 is 15.4 Å². The molecule has 164 valence electrons. The first-order valence-corrected chi connectivity index (χ1v) is 10.0. The number of halogens is 1. The van der Waals surface area contributed by atoms with Gasteiger partial charge in [0, 0.05) is 5.56 Å². The summed E-state index contributed by atoms with van der Waals surface area (Å²) in [5.74, 6) is -1.97. The summed E-state index contributed by atoms with van der Waals surface area (Å²) in [6.07, 6.45) is 0. The Hall–Kier alpha value is -4.00. The Balaban J connectivity index is 1.60. The van der Waals surface area contributed by atoms with Crippen LogP contribution in [0.15, 0.2) is 72.8 Å². The molecule has 0 aliphatic heterocycles. The van der Waals surface area contributed by atoms with E-state index >= 15 is 0 Å². The molecule has 0 aromatic heterocycles. The molecule has 3 aromatic rings. The lowest BCUT2D eigenvalue weighted by atomic mass is 10.1. The molecule has 0 saturated heterocycles. The third-order valence-corrected chi connectivity index (χ3v) is 4.76. The fraction of sp³-hybridized carbons (Fsp3) is 0.160. The van der Waals surface area contributed by atoms with Gasteiger partial charge in [-0.3, -0.25) is 9.59 Å². The minimum Gasteiger partial charge on any atom is -0.452 e. The van der Waals surface area contributed by atoms with Crippen molar-refractivity contribution in [2.75, 3.05) is 11.9 Å². The SMILES string of the molecule is Cc1cccc(C(=O)Nc2ccccc2C(=O)OCC(=O)NC(C)c2ccc(F)cc2)c1. The largest absolute Gasteiger partial charge is 0.452 e. The Labute approximate surface area is 185 Å². The summed E-state index contributed by atoms with van der Waals surface area (Å²) in [6.45, 7) is 3.12. The molecule has 2 amide bonds. The van der Waals surface area contributed by atoms with Crippen molar-refractivity contribution >= 4 is 23.5 Å². The van der Waals surface area contributed by atoms with Crippen molar-refractivity contribution in [2.24, 2.45) is 0 Å². The number of carbonyl (C=O) groups is 3. The van der Waals surface area contributed by atoms with E-state index in [0.29, 0.717) is 5.56 Å². The van der Waals surface area contributed by atoms with Gasteiger partial charge in [-0.1, -0.05) is 42.0 Å². The molecule has 1 atom stereocenters. The number of hydrogen-bond acceptors (Lipinski definition) is 4. The fourth-order valence-corrected chi connectivity index (χ4v) is 3.08. The van der Waals surface area contributed by atoms with Gasteiger partial charge in [0.2, 0.25) is 0 Å². The van der Waals surface area contributed by atoms with E-state index in [1.807, 2.05) is 13.0 Å². The second-order valence-corrected chi connectivity index (χ2v) is 7.29. The highest BCUT2D eigenvalue weighted by Gasteiger charge is 2.17. The van der Waals surface area contributed by atoms with Crippen molar-refractivity contribution in [3.8, 4) is 0 Å². The van der Waals surface area contributed by atoms with Gasteiger partial charge in [-0.2, -0.15) is 0 Å². The van der Waals surface area contributed by atoms with Crippen molar-refractivity contribution in [3.05, 3.63) is 101 Å². The maximum absolute atomic E-state index is 13.0. The summed E-state index contributed by atoms with van der Waals surface area (Å²) in [6, 6.07) is 18.8. The summed E-state index contributed by atoms with van der Waals surface area (Å²) in [7, 11) is 0. The van der Waals surface area contributed by atoms with Crippen LogP contribution in [0.5, 0.6) is 0 Å². The molecule has 0 bridgehead atoms. The number of nitrogens with one attached hydrogen (secondary N) is 2. The van der Waals surface area contributed by atoms with E-state index in [2.05, 4.69) is 10.6 Å². The van der Waals surface area contributed by atoms with Crippen LogP contribution in [0.4, 0.5) is 10.1 Å². The molecular weight excluding hydrogens is 411 g/mol. The van der Waals surface area contributed by atoms with Crippen LogP contribution in [0, 0.1) is 12.7 Å². The summed E-state index contributed by atoms with van der Waals surface area (Å²) in [5.41, 5.74) is 2.53. The van der Waals surface area contributed by atoms with Gasteiger partial charge >= 0.3 is 5.97 Å². The number of ether oxygens (including phenoxy) is 1. The van der Waals surface area contributed by atoms with E-state index in [4.69, 9.17) is 4.74 Å². The van der Waals surface area contributed by atoms with E-state index in [1.165, 1.54) is 18.2 Å². The number of benzene rings is 3. The number of esters is 1. The molecule has 2 N–H and O–H groups in total. The summed E-state index contributed by atoms with van der Waals surface area (Å²) in [5, 5.41) is 5.40. The molecule has 6 nitrogen and oxygen atoms in total. The number of aryl methyl sites for hydroxylation is 1. The fourth-order valence-electron chi connectivity index (χ4n) is 3.08. The average molecular weight is 434 g/mol. The van der Waals surface area contributed by atoms with Gasteiger partial charge in [0.25, 0.3) is 11.8 Å². The van der Waals surface area contributed by atoms with Crippen LogP contribution in [-0.2, 0) is 9.53 Å². The van der Waals surface area contributed by atoms with Gasteiger partial charge in [0.1, 0.15) is 5.82 Å². The summed E-state index contributed by atoms with van der Waals surface area (Å²) >= 11 is 0. The Morgan fingerprint density at radius 1 is 0.969 bits per heavy atom. The highest BCUT2D eigenvalue weighted by Crippen LogP contribution is 2.18. The lowest BCUT2D eigenvalue weighted by Gasteiger charge is -2.15. The van der Waals surface area contributed by atoms with E-state index in [9.17, 15) is 18.8 Å². The number of para-hydroxylation sites is 1. The first-order valence-electron chi connectivity index (χ1n) is 10.0. The van der Waals surface area contributed by atoms with Crippen molar-refractivity contribution in [2.45, 2.75) is 19.9 Å². The van der Waals surface area contributed by atoms with Crippen LogP contribution >= 0.6 is 0 Å². The third-order valence-electron chi connectivity index (χ3n) is 4.76. The van der Waals surface area contributed by atoms with E-state index in [-0.39, 0.29) is 29.0 Å². The third kappa shape index (κ3) is 6.01. The monoisotopic (exact) mass is 434 g/mol. The molecule has 3 aromatic carbocycles. The molecule has 0 spiro atoms. The highest BCUT2D eigenvalue weighted by molar-refractivity contribution is 6.08. The molecule has 0 fully saturated rings. The van der Waals surface area contributed by atoms with Crippen molar-refractivity contribution in [1.82, 2.24) is 5.32 Å². The van der Waals surface area contributed by atoms with Crippen LogP contribution < -0.4 is 10.6 Å². The number of amides is 2. The predicted octanol–water partition coefficient (Wildman–Crippen LogP) is 4.42. The number of rotatable bonds is 7. The summed E-state index contributed by atoms with van der Waals surface area (Å²) < 4.78 is 18.2. The normalized spacial score (nSPS) is 11.3. The van der Waals surface area contributed by atoms with E-state index in [0.717, 1.165) is 11.1 Å². The number of hydrogen-bond donors (Lipinski definition) is 2. The van der Waals surface area contributed by atoms with Gasteiger partial charge in [-0.05, 0) is 55.8 Å². The maximum Gasteiger partial charge on any atom is 0.340 e. The van der Waals surface area contributed by atoms with Crippen molar-refractivity contribution in [3.63, 3.8) is 0 Å². The van der Waals surface area contributed by atoms with Gasteiger partial charge in [-0.15, -0.1) is 0 Å². The first kappa shape index (κ1) is 22.7. The van der Waals surface area contributed by atoms with E-state index in [1.54, 1.807) is 55.5 Å². The molecule has 0 aliphatic rings. The molecule has 7 heteroatoms. The minimum absolute atomic E-state index is 0.132. The quantitative estimate of drug-likeness (QED) is 0.539. The smallest absolute Gasteiger partial charge is 0.340 e. The van der Waals surface area contributed by atoms with Crippen LogP contribution in [0.2, 0.25) is 0 Å². The molecule has 0 saturated carbocycles. The highest BCUT2D eigenvalue weighted by atomic mass is 19.1. The number of carbonyl (C=O) groups excluding carboxylic acids is 3. The van der Waals surface area contributed by atoms with Crippen molar-refractivity contribution < 1.29 is 23.5 Å². The average Bonchev–Trinajstić information content (AvgIpc) is 2.78. The Kier molecular flexibility index (Phi) is 7.33. The molecule has 0 aliphatic carbocycles. The van der Waals surface area contributed by atoms with Crippen LogP contribution in [0.3, 0.4) is 0 Å². The lowest BCUT2D eigenvalue weighted by Crippen LogP contribution is -2.31. The molecule has 0 radical (unpaired) electrons. The van der Waals surface area contributed by atoms with Gasteiger partial charge in [-0.25, -0.2) is 9.18 Å². The van der Waals surface area contributed by atoms with Gasteiger partial charge in [0.15, 0.2) is 6.61 Å². The van der Waals surface area contributed by atoms with Crippen LogP contribution in [-0.4, -0.2) is 24.4 Å². The Morgan fingerprint density at radius 2 is 1.69 bits per heavy atom. The zero-order valence-electron chi connectivity index (χ0n) is 17.7. The molecule has 32 heavy (non-hydrogen) atoms. The van der Waals surface area contributed by atoms with Gasteiger partial charge in [0.05, 0.1) is 17.3 Å². The minimum atomic E-state index is -0.741. The number of anilines is 1. The molecule has 0 heterocycles. The standard InChI is InChI=1S/C25H23FN2O4/c1-16-6-5-7-19(14-16)24(30)28-22-9-4-3-8-21(22)25(31)32-15-23(29)27-17(2)18-10-12-20(26)13-11-18/h3-14,17H,15H2,1-2H3,(H,27,29)(H,28,30). The lowest BCUT2D eigenvalue weighted by molar-refractivity contribution is -0.124.